The second kappa shape index (κ2) is 7.50. The Bertz CT molecular complexity index is 847. The smallest absolute Gasteiger partial charge is 0.337 e. The van der Waals surface area contributed by atoms with Crippen molar-refractivity contribution in [1.29, 1.82) is 0 Å². The number of nitrogens with one attached hydrogen (secondary N) is 1. The highest BCUT2D eigenvalue weighted by atomic mass is 16.5. The Morgan fingerprint density at radius 3 is 2.41 bits per heavy atom. The molecule has 8 heteroatoms. The fourth-order valence-corrected chi connectivity index (χ4v) is 4.72. The molecule has 3 rings (SSSR count). The number of amides is 3. The average Bonchev–Trinajstić information content (AvgIpc) is 2.83. The summed E-state index contributed by atoms with van der Waals surface area (Å²) in [5.74, 6) is -1.13. The van der Waals surface area contributed by atoms with Crippen molar-refractivity contribution in [3.63, 3.8) is 0 Å². The minimum atomic E-state index is -0.958. The topological polar surface area (TPSA) is 102 Å². The van der Waals surface area contributed by atoms with Crippen molar-refractivity contribution in [2.24, 2.45) is 11.3 Å². The van der Waals surface area contributed by atoms with Crippen LogP contribution in [0.25, 0.3) is 0 Å². The van der Waals surface area contributed by atoms with Crippen LogP contribution in [0, 0.1) is 11.3 Å². The summed E-state index contributed by atoms with van der Waals surface area (Å²) in [5.41, 5.74) is -0.725. The van der Waals surface area contributed by atoms with Crippen LogP contribution < -0.4 is 10.1 Å². The molecule has 29 heavy (non-hydrogen) atoms. The summed E-state index contributed by atoms with van der Waals surface area (Å²) >= 11 is 0. The van der Waals surface area contributed by atoms with Gasteiger partial charge in [-0.1, -0.05) is 20.8 Å². The fourth-order valence-electron chi connectivity index (χ4n) is 4.72. The highest BCUT2D eigenvalue weighted by Gasteiger charge is 2.56. The summed E-state index contributed by atoms with van der Waals surface area (Å²) in [5, 5.41) is 2.83. The summed E-state index contributed by atoms with van der Waals surface area (Å²) in [4.78, 5) is 50.2. The van der Waals surface area contributed by atoms with Crippen molar-refractivity contribution >= 4 is 23.9 Å². The van der Waals surface area contributed by atoms with Crippen molar-refractivity contribution in [2.45, 2.75) is 45.6 Å². The molecule has 1 heterocycles. The van der Waals surface area contributed by atoms with Gasteiger partial charge in [-0.05, 0) is 54.9 Å². The van der Waals surface area contributed by atoms with Gasteiger partial charge in [-0.15, -0.1) is 0 Å². The molecule has 2 fully saturated rings. The van der Waals surface area contributed by atoms with Gasteiger partial charge in [0.15, 0.2) is 0 Å². The Morgan fingerprint density at radius 1 is 1.17 bits per heavy atom. The lowest BCUT2D eigenvalue weighted by Crippen LogP contribution is -2.54. The maximum Gasteiger partial charge on any atom is 0.337 e. The molecule has 156 valence electrons. The SMILES string of the molecule is COC(=O)c1ccc(OC(=O)CN2C(=O)NC3(CC(C)CC(C)(C)C3)C2=O)cc1. The molecule has 1 saturated heterocycles. The van der Waals surface area contributed by atoms with Gasteiger partial charge < -0.3 is 14.8 Å². The summed E-state index contributed by atoms with van der Waals surface area (Å²) in [6, 6.07) is 5.25. The molecule has 1 aromatic carbocycles. The Hall–Kier alpha value is -2.90. The normalized spacial score (nSPS) is 25.7. The summed E-state index contributed by atoms with van der Waals surface area (Å²) in [7, 11) is 1.27. The van der Waals surface area contributed by atoms with E-state index in [2.05, 4.69) is 30.8 Å². The third-order valence-corrected chi connectivity index (χ3v) is 5.42. The molecule has 1 aliphatic heterocycles. The molecular formula is C21H26N2O6. The molecule has 2 unspecified atom stereocenters. The van der Waals surface area contributed by atoms with Crippen molar-refractivity contribution < 1.29 is 28.7 Å². The number of carbonyl (C=O) groups is 4. The molecule has 1 aliphatic carbocycles. The molecule has 0 aromatic heterocycles. The first kappa shape index (κ1) is 20.8. The highest BCUT2D eigenvalue weighted by Crippen LogP contribution is 2.46. The second-order valence-electron chi connectivity index (χ2n) is 8.75. The van der Waals surface area contributed by atoms with Crippen LogP contribution >= 0.6 is 0 Å². The van der Waals surface area contributed by atoms with Gasteiger partial charge in [0, 0.05) is 0 Å². The van der Waals surface area contributed by atoms with E-state index in [-0.39, 0.29) is 23.0 Å². The van der Waals surface area contributed by atoms with Crippen LogP contribution in [0.2, 0.25) is 0 Å². The maximum atomic E-state index is 13.1. The van der Waals surface area contributed by atoms with Gasteiger partial charge >= 0.3 is 18.0 Å². The van der Waals surface area contributed by atoms with E-state index in [1.165, 1.54) is 31.4 Å². The number of ether oxygens (including phenoxy) is 2. The third-order valence-electron chi connectivity index (χ3n) is 5.42. The number of esters is 2. The van der Waals surface area contributed by atoms with Gasteiger partial charge in [0.2, 0.25) is 0 Å². The lowest BCUT2D eigenvalue weighted by Gasteiger charge is -2.43. The quantitative estimate of drug-likeness (QED) is 0.472. The monoisotopic (exact) mass is 402 g/mol. The molecule has 0 radical (unpaired) electrons. The first-order valence-electron chi connectivity index (χ1n) is 9.58. The van der Waals surface area contributed by atoms with Crippen LogP contribution in [-0.2, 0) is 14.3 Å². The minimum absolute atomic E-state index is 0.0848. The molecule has 1 aromatic rings. The number of carbonyl (C=O) groups excluding carboxylic acids is 4. The summed E-state index contributed by atoms with van der Waals surface area (Å²) < 4.78 is 9.83. The van der Waals surface area contributed by atoms with Crippen LogP contribution in [0.1, 0.15) is 50.4 Å². The first-order chi connectivity index (χ1) is 13.5. The van der Waals surface area contributed by atoms with E-state index in [1.807, 2.05) is 0 Å². The third kappa shape index (κ3) is 4.26. The number of nitrogens with zero attached hydrogens (tertiary/aromatic N) is 1. The Kier molecular flexibility index (Phi) is 5.38. The molecule has 0 bridgehead atoms. The number of hydrogen-bond acceptors (Lipinski definition) is 6. The van der Waals surface area contributed by atoms with E-state index < -0.39 is 30.1 Å². The molecule has 2 aliphatic rings. The Morgan fingerprint density at radius 2 is 1.83 bits per heavy atom. The zero-order chi connectivity index (χ0) is 21.4. The number of urea groups is 1. The first-order valence-corrected chi connectivity index (χ1v) is 9.58. The van der Waals surface area contributed by atoms with Crippen LogP contribution in [0.3, 0.4) is 0 Å². The van der Waals surface area contributed by atoms with Gasteiger partial charge in [0.1, 0.15) is 17.8 Å². The predicted molar refractivity (Wildman–Crippen MR) is 103 cm³/mol. The van der Waals surface area contributed by atoms with E-state index in [4.69, 9.17) is 4.74 Å². The van der Waals surface area contributed by atoms with Gasteiger partial charge in [-0.3, -0.25) is 9.69 Å². The largest absolute Gasteiger partial charge is 0.465 e. The molecule has 1 saturated carbocycles. The number of methoxy groups -OCH3 is 1. The van der Waals surface area contributed by atoms with E-state index in [9.17, 15) is 19.2 Å². The summed E-state index contributed by atoms with van der Waals surface area (Å²) in [6.07, 6.45) is 2.07. The van der Waals surface area contributed by atoms with Crippen molar-refractivity contribution in [3.8, 4) is 5.75 Å². The zero-order valence-corrected chi connectivity index (χ0v) is 17.1. The maximum absolute atomic E-state index is 13.1. The van der Waals surface area contributed by atoms with Gasteiger partial charge in [0.25, 0.3) is 5.91 Å². The molecule has 8 nitrogen and oxygen atoms in total. The van der Waals surface area contributed by atoms with Crippen LogP contribution in [0.15, 0.2) is 24.3 Å². The summed E-state index contributed by atoms with van der Waals surface area (Å²) in [6.45, 7) is 5.76. The number of rotatable bonds is 4. The lowest BCUT2D eigenvalue weighted by molar-refractivity contribution is -0.142. The number of benzene rings is 1. The predicted octanol–water partition coefficient (Wildman–Crippen LogP) is 2.52. The van der Waals surface area contributed by atoms with E-state index in [1.54, 1.807) is 0 Å². The Balaban J connectivity index is 1.67. The standard InChI is InChI=1S/C21H26N2O6/c1-13-9-20(2,3)12-21(10-13)18(26)23(19(27)22-21)11-16(24)29-15-7-5-14(6-8-15)17(25)28-4/h5-8,13H,9-12H2,1-4H3,(H,22,27). The van der Waals surface area contributed by atoms with E-state index >= 15 is 0 Å². The van der Waals surface area contributed by atoms with E-state index in [0.717, 1.165) is 11.3 Å². The van der Waals surface area contributed by atoms with Crippen LogP contribution in [-0.4, -0.2) is 48.0 Å². The van der Waals surface area contributed by atoms with Gasteiger partial charge in [-0.2, -0.15) is 0 Å². The van der Waals surface area contributed by atoms with Crippen molar-refractivity contribution in [2.75, 3.05) is 13.7 Å². The fraction of sp³-hybridized carbons (Fsp3) is 0.524. The minimum Gasteiger partial charge on any atom is -0.465 e. The van der Waals surface area contributed by atoms with Gasteiger partial charge in [-0.25, -0.2) is 14.4 Å². The Labute approximate surface area is 169 Å². The highest BCUT2D eigenvalue weighted by molar-refractivity contribution is 6.08. The van der Waals surface area contributed by atoms with E-state index in [0.29, 0.717) is 18.4 Å². The zero-order valence-electron chi connectivity index (χ0n) is 17.1. The molecule has 1 N–H and O–H groups in total. The second-order valence-corrected chi connectivity index (χ2v) is 8.75. The average molecular weight is 402 g/mol. The number of hydrogen-bond donors (Lipinski definition) is 1. The van der Waals surface area contributed by atoms with Gasteiger partial charge in [0.05, 0.1) is 12.7 Å². The molecule has 2 atom stereocenters. The van der Waals surface area contributed by atoms with Crippen molar-refractivity contribution in [3.05, 3.63) is 29.8 Å². The molecular weight excluding hydrogens is 376 g/mol. The number of imide groups is 1. The lowest BCUT2D eigenvalue weighted by atomic mass is 9.64. The van der Waals surface area contributed by atoms with Crippen molar-refractivity contribution in [1.82, 2.24) is 10.2 Å². The van der Waals surface area contributed by atoms with Crippen LogP contribution in [0.5, 0.6) is 5.75 Å². The molecule has 1 spiro atoms. The molecule has 3 amide bonds. The van der Waals surface area contributed by atoms with Crippen LogP contribution in [0.4, 0.5) is 4.79 Å².